The zero-order chi connectivity index (χ0) is 8.67. The first kappa shape index (κ1) is 7.09. The van der Waals surface area contributed by atoms with Gasteiger partial charge in [0.2, 0.25) is 0 Å². The van der Waals surface area contributed by atoms with Gasteiger partial charge in [-0.25, -0.2) is 0 Å². The van der Waals surface area contributed by atoms with Crippen LogP contribution in [0.5, 0.6) is 0 Å². The zero-order valence-corrected chi connectivity index (χ0v) is 7.77. The van der Waals surface area contributed by atoms with Crippen molar-refractivity contribution in [3.8, 4) is 0 Å². The fraction of sp³-hybridized carbons (Fsp3) is 0.100. The van der Waals surface area contributed by atoms with Gasteiger partial charge >= 0.3 is 0 Å². The van der Waals surface area contributed by atoms with Gasteiger partial charge < -0.3 is 5.32 Å². The van der Waals surface area contributed by atoms with Gasteiger partial charge in [0.15, 0.2) is 0 Å². The average molecular weight is 188 g/mol. The van der Waals surface area contributed by atoms with E-state index in [9.17, 15) is 0 Å². The molecule has 64 valence electrons. The second-order valence-electron chi connectivity index (χ2n) is 2.97. The summed E-state index contributed by atoms with van der Waals surface area (Å²) in [5, 5.41) is 3.35. The van der Waals surface area contributed by atoms with E-state index in [4.69, 9.17) is 0 Å². The maximum absolute atomic E-state index is 4.37. The molecule has 2 aromatic heterocycles. The highest BCUT2D eigenvalue weighted by atomic mass is 32.1. The lowest BCUT2D eigenvalue weighted by atomic mass is 10.2. The van der Waals surface area contributed by atoms with Crippen molar-refractivity contribution in [2.24, 2.45) is 0 Å². The molecule has 0 unspecified atom stereocenters. The topological polar surface area (TPSA) is 24.9 Å². The third-order valence-electron chi connectivity index (χ3n) is 2.14. The second-order valence-corrected chi connectivity index (χ2v) is 4.06. The van der Waals surface area contributed by atoms with Crippen molar-refractivity contribution in [1.29, 1.82) is 0 Å². The molecule has 0 aliphatic carbocycles. The van der Waals surface area contributed by atoms with Gasteiger partial charge in [0.1, 0.15) is 5.52 Å². The van der Waals surface area contributed by atoms with Crippen LogP contribution in [-0.4, -0.2) is 11.5 Å². The minimum Gasteiger partial charge on any atom is -0.379 e. The summed E-state index contributed by atoms with van der Waals surface area (Å²) in [5.41, 5.74) is 2.30. The SMILES string of the molecule is C1=Cc2sc3cccnc3c2NC1. The molecular weight excluding hydrogens is 180 g/mol. The number of thiophene rings is 1. The van der Waals surface area contributed by atoms with Crippen LogP contribution in [0.2, 0.25) is 0 Å². The maximum Gasteiger partial charge on any atom is 0.105 e. The molecule has 0 fully saturated rings. The Morgan fingerprint density at radius 3 is 3.46 bits per heavy atom. The van der Waals surface area contributed by atoms with Gasteiger partial charge in [-0.2, -0.15) is 0 Å². The predicted molar refractivity (Wildman–Crippen MR) is 57.1 cm³/mol. The van der Waals surface area contributed by atoms with E-state index in [-0.39, 0.29) is 0 Å². The quantitative estimate of drug-likeness (QED) is 0.687. The summed E-state index contributed by atoms with van der Waals surface area (Å²) >= 11 is 1.79. The normalized spacial score (nSPS) is 14.2. The number of anilines is 1. The van der Waals surface area contributed by atoms with E-state index < -0.39 is 0 Å². The Labute approximate surface area is 79.9 Å². The molecule has 0 atom stereocenters. The summed E-state index contributed by atoms with van der Waals surface area (Å²) < 4.78 is 1.26. The van der Waals surface area contributed by atoms with Crippen LogP contribution >= 0.6 is 11.3 Å². The highest BCUT2D eigenvalue weighted by Gasteiger charge is 2.11. The lowest BCUT2D eigenvalue weighted by molar-refractivity contribution is 1.32. The first-order chi connectivity index (χ1) is 6.45. The molecule has 1 N–H and O–H groups in total. The summed E-state index contributed by atoms with van der Waals surface area (Å²) in [6, 6.07) is 4.09. The lowest BCUT2D eigenvalue weighted by Crippen LogP contribution is -2.02. The molecule has 0 aromatic carbocycles. The number of pyridine rings is 1. The van der Waals surface area contributed by atoms with E-state index in [1.807, 2.05) is 12.3 Å². The van der Waals surface area contributed by atoms with Crippen LogP contribution in [0.4, 0.5) is 5.69 Å². The molecule has 0 saturated carbocycles. The molecule has 0 bridgehead atoms. The van der Waals surface area contributed by atoms with E-state index in [1.165, 1.54) is 15.3 Å². The molecular formula is C10H8N2S. The minimum absolute atomic E-state index is 0.912. The fourth-order valence-electron chi connectivity index (χ4n) is 1.56. The fourth-order valence-corrected chi connectivity index (χ4v) is 2.63. The maximum atomic E-state index is 4.37. The summed E-state index contributed by atoms with van der Waals surface area (Å²) in [5.74, 6) is 0. The summed E-state index contributed by atoms with van der Waals surface area (Å²) in [6.45, 7) is 0.912. The second kappa shape index (κ2) is 2.57. The van der Waals surface area contributed by atoms with Crippen molar-refractivity contribution in [1.82, 2.24) is 4.98 Å². The molecule has 3 heterocycles. The summed E-state index contributed by atoms with van der Waals surface area (Å²) in [7, 11) is 0. The van der Waals surface area contributed by atoms with Gasteiger partial charge in [-0.3, -0.25) is 4.98 Å². The van der Waals surface area contributed by atoms with E-state index in [0.29, 0.717) is 0 Å². The molecule has 2 nitrogen and oxygen atoms in total. The largest absolute Gasteiger partial charge is 0.379 e. The molecule has 1 aliphatic rings. The van der Waals surface area contributed by atoms with Gasteiger partial charge in [-0.15, -0.1) is 11.3 Å². The molecule has 3 rings (SSSR count). The third-order valence-corrected chi connectivity index (χ3v) is 3.25. The standard InChI is InChI=1S/C10H8N2S/c1-3-7-9(11-5-1)10-8(13-7)4-2-6-12-10/h1-5,12H,6H2. The highest BCUT2D eigenvalue weighted by Crippen LogP contribution is 2.36. The van der Waals surface area contributed by atoms with Crippen LogP contribution in [-0.2, 0) is 0 Å². The van der Waals surface area contributed by atoms with Crippen molar-refractivity contribution < 1.29 is 0 Å². The molecule has 0 amide bonds. The molecule has 0 spiro atoms. The molecule has 0 saturated heterocycles. The molecule has 3 heteroatoms. The number of nitrogens with one attached hydrogen (secondary N) is 1. The predicted octanol–water partition coefficient (Wildman–Crippen LogP) is 2.74. The van der Waals surface area contributed by atoms with Gasteiger partial charge in [0.25, 0.3) is 0 Å². The highest BCUT2D eigenvalue weighted by molar-refractivity contribution is 7.20. The Kier molecular flexibility index (Phi) is 1.40. The van der Waals surface area contributed by atoms with Crippen molar-refractivity contribution >= 4 is 33.3 Å². The van der Waals surface area contributed by atoms with E-state index in [1.54, 1.807) is 11.3 Å². The molecule has 1 aliphatic heterocycles. The van der Waals surface area contributed by atoms with Gasteiger partial charge in [0, 0.05) is 12.7 Å². The van der Waals surface area contributed by atoms with Crippen LogP contribution in [0.1, 0.15) is 4.88 Å². The van der Waals surface area contributed by atoms with Crippen LogP contribution in [0, 0.1) is 0 Å². The minimum atomic E-state index is 0.912. The van der Waals surface area contributed by atoms with Crippen molar-refractivity contribution in [2.45, 2.75) is 0 Å². The number of hydrogen-bond donors (Lipinski definition) is 1. The Balaban J connectivity index is 2.41. The van der Waals surface area contributed by atoms with Crippen LogP contribution in [0.3, 0.4) is 0 Å². The van der Waals surface area contributed by atoms with E-state index in [2.05, 4.69) is 28.5 Å². The van der Waals surface area contributed by atoms with E-state index >= 15 is 0 Å². The number of aromatic nitrogens is 1. The average Bonchev–Trinajstić information content (AvgIpc) is 2.56. The Morgan fingerprint density at radius 2 is 2.46 bits per heavy atom. The van der Waals surface area contributed by atoms with Gasteiger partial charge in [0.05, 0.1) is 15.3 Å². The monoisotopic (exact) mass is 188 g/mol. The van der Waals surface area contributed by atoms with Crippen LogP contribution < -0.4 is 5.32 Å². The molecule has 0 radical (unpaired) electrons. The Hall–Kier alpha value is -1.35. The molecule has 2 aromatic rings. The Morgan fingerprint density at radius 1 is 1.46 bits per heavy atom. The number of nitrogens with zero attached hydrogens (tertiary/aromatic N) is 1. The smallest absolute Gasteiger partial charge is 0.105 e. The summed E-state index contributed by atoms with van der Waals surface area (Å²) in [4.78, 5) is 5.66. The zero-order valence-electron chi connectivity index (χ0n) is 6.95. The van der Waals surface area contributed by atoms with Gasteiger partial charge in [-0.05, 0) is 18.2 Å². The first-order valence-corrected chi connectivity index (χ1v) is 5.05. The summed E-state index contributed by atoms with van der Waals surface area (Å²) in [6.07, 6.45) is 6.14. The van der Waals surface area contributed by atoms with Crippen molar-refractivity contribution in [3.05, 3.63) is 29.3 Å². The van der Waals surface area contributed by atoms with Crippen molar-refractivity contribution in [2.75, 3.05) is 11.9 Å². The Bertz CT molecular complexity index is 485. The number of fused-ring (bicyclic) bond motifs is 3. The van der Waals surface area contributed by atoms with Crippen LogP contribution in [0.25, 0.3) is 16.3 Å². The number of rotatable bonds is 0. The first-order valence-electron chi connectivity index (χ1n) is 4.23. The van der Waals surface area contributed by atoms with Crippen molar-refractivity contribution in [3.63, 3.8) is 0 Å². The molecule has 13 heavy (non-hydrogen) atoms. The lowest BCUT2D eigenvalue weighted by Gasteiger charge is -2.06. The number of hydrogen-bond acceptors (Lipinski definition) is 3. The van der Waals surface area contributed by atoms with E-state index in [0.717, 1.165) is 12.1 Å². The van der Waals surface area contributed by atoms with Gasteiger partial charge in [-0.1, -0.05) is 6.08 Å². The third kappa shape index (κ3) is 0.971. The van der Waals surface area contributed by atoms with Crippen LogP contribution in [0.15, 0.2) is 24.4 Å².